The number of carbonyl (C=O) groups excluding carboxylic acids is 2. The molecule has 0 saturated carbocycles. The Morgan fingerprint density at radius 2 is 1.94 bits per heavy atom. The van der Waals surface area contributed by atoms with E-state index in [4.69, 9.17) is 4.98 Å². The molecule has 31 heavy (non-hydrogen) atoms. The van der Waals surface area contributed by atoms with E-state index in [0.29, 0.717) is 16.4 Å². The lowest BCUT2D eigenvalue weighted by Crippen LogP contribution is -2.09. The highest BCUT2D eigenvalue weighted by Crippen LogP contribution is 2.34. The van der Waals surface area contributed by atoms with Crippen LogP contribution in [0.1, 0.15) is 16.6 Å². The van der Waals surface area contributed by atoms with Crippen LogP contribution in [0, 0.1) is 0 Å². The fourth-order valence-electron chi connectivity index (χ4n) is 3.05. The molecule has 0 atom stereocenters. The fraction of sp³-hybridized carbons (Fsp3) is 0.0909. The van der Waals surface area contributed by atoms with Crippen molar-refractivity contribution in [1.82, 2.24) is 15.0 Å². The van der Waals surface area contributed by atoms with Gasteiger partial charge >= 0.3 is 0 Å². The average molecular weight is 450 g/mol. The van der Waals surface area contributed by atoms with E-state index < -0.39 is 0 Å². The van der Waals surface area contributed by atoms with Crippen LogP contribution < -0.4 is 10.6 Å². The molecule has 156 valence electrons. The Hall–Kier alpha value is -3.43. The van der Waals surface area contributed by atoms with Crippen LogP contribution in [0.5, 0.6) is 0 Å². The van der Waals surface area contributed by atoms with Gasteiger partial charge in [0.1, 0.15) is 5.82 Å². The van der Waals surface area contributed by atoms with Crippen molar-refractivity contribution in [1.29, 1.82) is 0 Å². The number of anilines is 2. The van der Waals surface area contributed by atoms with E-state index in [2.05, 4.69) is 20.6 Å². The van der Waals surface area contributed by atoms with Gasteiger partial charge < -0.3 is 15.6 Å². The first-order chi connectivity index (χ1) is 15.0. The number of amides is 2. The standard InChI is InChI=1S/C22H19N5O2S2/c1-13(28)24-18-12-15(8-9-23-18)20-19(26-22(27-20)30-2)14-5-3-6-16(11-14)25-21(29)17-7-4-10-31-17/h3-12H,1-2H3,(H,25,29)(H,26,27)(H,23,24,28). The van der Waals surface area contributed by atoms with Crippen molar-refractivity contribution >= 4 is 46.4 Å². The van der Waals surface area contributed by atoms with Crippen LogP contribution in [-0.2, 0) is 4.79 Å². The molecule has 0 spiro atoms. The Balaban J connectivity index is 1.70. The zero-order valence-electron chi connectivity index (χ0n) is 16.8. The number of thiophene rings is 1. The molecule has 0 saturated heterocycles. The minimum Gasteiger partial charge on any atom is -0.332 e. The van der Waals surface area contributed by atoms with E-state index >= 15 is 0 Å². The molecule has 9 heteroatoms. The number of nitrogens with one attached hydrogen (secondary N) is 3. The number of imidazole rings is 1. The van der Waals surface area contributed by atoms with E-state index in [1.807, 2.05) is 48.0 Å². The van der Waals surface area contributed by atoms with E-state index in [1.54, 1.807) is 18.3 Å². The topological polar surface area (TPSA) is 99.8 Å². The van der Waals surface area contributed by atoms with Crippen LogP contribution in [0.4, 0.5) is 11.5 Å². The van der Waals surface area contributed by atoms with Crippen molar-refractivity contribution in [3.8, 4) is 22.5 Å². The third-order valence-electron chi connectivity index (χ3n) is 4.37. The molecule has 4 rings (SSSR count). The second-order valence-corrected chi connectivity index (χ2v) is 8.34. The third-order valence-corrected chi connectivity index (χ3v) is 5.82. The van der Waals surface area contributed by atoms with Crippen molar-refractivity contribution in [3.05, 3.63) is 65.0 Å². The molecular formula is C22H19N5O2S2. The summed E-state index contributed by atoms with van der Waals surface area (Å²) in [5, 5.41) is 8.27. The molecule has 2 amide bonds. The van der Waals surface area contributed by atoms with E-state index in [1.165, 1.54) is 30.0 Å². The van der Waals surface area contributed by atoms with Gasteiger partial charge in [-0.15, -0.1) is 11.3 Å². The summed E-state index contributed by atoms with van der Waals surface area (Å²) in [4.78, 5) is 36.7. The summed E-state index contributed by atoms with van der Waals surface area (Å²) >= 11 is 2.90. The van der Waals surface area contributed by atoms with Crippen LogP contribution in [0.2, 0.25) is 0 Å². The normalized spacial score (nSPS) is 10.6. The quantitative estimate of drug-likeness (QED) is 0.354. The van der Waals surface area contributed by atoms with Crippen molar-refractivity contribution in [3.63, 3.8) is 0 Å². The van der Waals surface area contributed by atoms with Crippen LogP contribution >= 0.6 is 23.1 Å². The van der Waals surface area contributed by atoms with Crippen LogP contribution in [0.15, 0.2) is 65.3 Å². The summed E-state index contributed by atoms with van der Waals surface area (Å²) in [7, 11) is 0. The zero-order chi connectivity index (χ0) is 21.8. The molecule has 3 aromatic heterocycles. The molecule has 0 fully saturated rings. The maximum atomic E-state index is 12.4. The van der Waals surface area contributed by atoms with Crippen molar-refractivity contribution < 1.29 is 9.59 Å². The highest BCUT2D eigenvalue weighted by molar-refractivity contribution is 7.98. The predicted molar refractivity (Wildman–Crippen MR) is 126 cm³/mol. The van der Waals surface area contributed by atoms with Gasteiger partial charge in [-0.05, 0) is 42.0 Å². The molecule has 0 radical (unpaired) electrons. The van der Waals surface area contributed by atoms with Gasteiger partial charge in [0.15, 0.2) is 5.16 Å². The summed E-state index contributed by atoms with van der Waals surface area (Å²) in [6.45, 7) is 1.44. The van der Waals surface area contributed by atoms with Crippen LogP contribution in [0.25, 0.3) is 22.5 Å². The molecule has 0 aliphatic carbocycles. The monoisotopic (exact) mass is 449 g/mol. The number of pyridine rings is 1. The number of carbonyl (C=O) groups is 2. The van der Waals surface area contributed by atoms with Gasteiger partial charge in [-0.2, -0.15) is 0 Å². The molecule has 3 heterocycles. The molecule has 0 aliphatic heterocycles. The van der Waals surface area contributed by atoms with E-state index in [9.17, 15) is 9.59 Å². The lowest BCUT2D eigenvalue weighted by atomic mass is 10.1. The zero-order valence-corrected chi connectivity index (χ0v) is 18.4. The van der Waals surface area contributed by atoms with Gasteiger partial charge in [-0.1, -0.05) is 30.0 Å². The summed E-state index contributed by atoms with van der Waals surface area (Å²) in [5.74, 6) is 0.134. The summed E-state index contributed by atoms with van der Waals surface area (Å²) in [6, 6.07) is 14.9. The number of aromatic amines is 1. The average Bonchev–Trinajstić information content (AvgIpc) is 3.44. The summed E-state index contributed by atoms with van der Waals surface area (Å²) in [5.41, 5.74) is 3.93. The van der Waals surface area contributed by atoms with Crippen LogP contribution in [0.3, 0.4) is 0 Å². The highest BCUT2D eigenvalue weighted by Gasteiger charge is 2.16. The predicted octanol–water partition coefficient (Wildman–Crippen LogP) is 5.13. The van der Waals surface area contributed by atoms with Gasteiger partial charge in [0.2, 0.25) is 5.91 Å². The lowest BCUT2D eigenvalue weighted by molar-refractivity contribution is -0.114. The number of hydrogen-bond acceptors (Lipinski definition) is 6. The molecular weight excluding hydrogens is 430 g/mol. The molecule has 7 nitrogen and oxygen atoms in total. The molecule has 3 N–H and O–H groups in total. The molecule has 4 aromatic rings. The minimum atomic E-state index is -0.187. The summed E-state index contributed by atoms with van der Waals surface area (Å²) < 4.78 is 0. The van der Waals surface area contributed by atoms with Crippen molar-refractivity contribution in [2.75, 3.05) is 16.9 Å². The van der Waals surface area contributed by atoms with Gasteiger partial charge in [0, 0.05) is 29.9 Å². The lowest BCUT2D eigenvalue weighted by Gasteiger charge is -2.08. The molecule has 0 bridgehead atoms. The first-order valence-corrected chi connectivity index (χ1v) is 11.5. The summed E-state index contributed by atoms with van der Waals surface area (Å²) in [6.07, 6.45) is 3.58. The van der Waals surface area contributed by atoms with Gasteiger partial charge in [0.05, 0.1) is 16.3 Å². The molecule has 0 unspecified atom stereocenters. The fourth-order valence-corrected chi connectivity index (χ4v) is 4.05. The van der Waals surface area contributed by atoms with Crippen LogP contribution in [-0.4, -0.2) is 33.0 Å². The second kappa shape index (κ2) is 9.15. The largest absolute Gasteiger partial charge is 0.332 e. The number of H-pyrrole nitrogens is 1. The number of benzene rings is 1. The Morgan fingerprint density at radius 3 is 2.68 bits per heavy atom. The number of nitrogens with zero attached hydrogens (tertiary/aromatic N) is 2. The van der Waals surface area contributed by atoms with E-state index in [-0.39, 0.29) is 11.8 Å². The third kappa shape index (κ3) is 4.84. The van der Waals surface area contributed by atoms with Gasteiger partial charge in [-0.3, -0.25) is 9.59 Å². The number of hydrogen-bond donors (Lipinski definition) is 3. The number of aromatic nitrogens is 3. The highest BCUT2D eigenvalue weighted by atomic mass is 32.2. The SMILES string of the molecule is CSc1nc(-c2cccc(NC(=O)c3cccs3)c2)c(-c2ccnc(NC(C)=O)c2)[nH]1. The van der Waals surface area contributed by atoms with Gasteiger partial charge in [-0.25, -0.2) is 9.97 Å². The smallest absolute Gasteiger partial charge is 0.265 e. The number of thioether (sulfide) groups is 1. The second-order valence-electron chi connectivity index (χ2n) is 6.59. The first kappa shape index (κ1) is 20.8. The molecule has 0 aliphatic rings. The maximum absolute atomic E-state index is 12.4. The van der Waals surface area contributed by atoms with E-state index in [0.717, 1.165) is 27.7 Å². The Kier molecular flexibility index (Phi) is 6.15. The van der Waals surface area contributed by atoms with Crippen molar-refractivity contribution in [2.45, 2.75) is 12.1 Å². The minimum absolute atomic E-state index is 0.145. The van der Waals surface area contributed by atoms with Crippen molar-refractivity contribution in [2.24, 2.45) is 0 Å². The molecule has 1 aromatic carbocycles. The Labute approximate surface area is 187 Å². The Morgan fingerprint density at radius 1 is 1.06 bits per heavy atom. The maximum Gasteiger partial charge on any atom is 0.265 e. The first-order valence-electron chi connectivity index (χ1n) is 9.37. The Bertz CT molecular complexity index is 1230. The van der Waals surface area contributed by atoms with Gasteiger partial charge in [0.25, 0.3) is 5.91 Å². The number of rotatable bonds is 6.